The average Bonchev–Trinajstić information content (AvgIpc) is 3.21. The Hall–Kier alpha value is -3.21. The van der Waals surface area contributed by atoms with E-state index in [1.54, 1.807) is 13.8 Å². The van der Waals surface area contributed by atoms with Gasteiger partial charge in [-0.2, -0.15) is 13.2 Å². The third kappa shape index (κ3) is 3.34. The first-order valence-electron chi connectivity index (χ1n) is 9.10. The Morgan fingerprint density at radius 1 is 1.30 bits per heavy atom. The first-order valence-corrected chi connectivity index (χ1v) is 9.10. The highest BCUT2D eigenvalue weighted by Gasteiger charge is 2.48. The van der Waals surface area contributed by atoms with Crippen molar-refractivity contribution in [2.24, 2.45) is 0 Å². The predicted molar refractivity (Wildman–Crippen MR) is 96.8 cm³/mol. The van der Waals surface area contributed by atoms with Gasteiger partial charge in [0.25, 0.3) is 5.91 Å². The van der Waals surface area contributed by atoms with Gasteiger partial charge in [0.05, 0.1) is 24.7 Å². The molecule has 8 nitrogen and oxygen atoms in total. The fourth-order valence-corrected chi connectivity index (χ4v) is 3.29. The van der Waals surface area contributed by atoms with Crippen LogP contribution in [0.25, 0.3) is 0 Å². The van der Waals surface area contributed by atoms with Gasteiger partial charge in [0.2, 0.25) is 0 Å². The molecule has 2 aliphatic heterocycles. The topological polar surface area (TPSA) is 93.7 Å². The summed E-state index contributed by atoms with van der Waals surface area (Å²) >= 11 is 0. The smallest absolute Gasteiger partial charge is 0.418 e. The largest absolute Gasteiger partial charge is 0.424 e. The maximum absolute atomic E-state index is 13.1. The normalized spacial score (nSPS) is 23.5. The lowest BCUT2D eigenvalue weighted by molar-refractivity contribution is -0.219. The van der Waals surface area contributed by atoms with Crippen molar-refractivity contribution in [2.75, 3.05) is 4.90 Å². The van der Waals surface area contributed by atoms with E-state index >= 15 is 0 Å². The molecular formula is C19H17F3N4O4. The molecule has 4 rings (SSSR count). The number of imide groups is 1. The highest BCUT2D eigenvalue weighted by Crippen LogP contribution is 2.43. The van der Waals surface area contributed by atoms with Crippen molar-refractivity contribution in [2.45, 2.75) is 44.7 Å². The zero-order chi connectivity index (χ0) is 21.7. The molecule has 30 heavy (non-hydrogen) atoms. The first kappa shape index (κ1) is 20.1. The number of halogens is 3. The fourth-order valence-electron chi connectivity index (χ4n) is 3.29. The van der Waals surface area contributed by atoms with Gasteiger partial charge in [-0.1, -0.05) is 13.0 Å². The lowest BCUT2D eigenvalue weighted by atomic mass is 9.99. The number of anilines is 1. The number of fused-ring (bicyclic) bond motifs is 1. The molecule has 158 valence electrons. The minimum Gasteiger partial charge on any atom is -0.424 e. The number of carbonyl (C=O) groups is 2. The number of ether oxygens (including phenoxy) is 2. The van der Waals surface area contributed by atoms with Crippen LogP contribution in [0.5, 0.6) is 11.8 Å². The van der Waals surface area contributed by atoms with Crippen LogP contribution in [-0.2, 0) is 16.1 Å². The Balaban J connectivity index is 1.53. The highest BCUT2D eigenvalue weighted by molar-refractivity contribution is 6.23. The van der Waals surface area contributed by atoms with Gasteiger partial charge >= 0.3 is 18.2 Å². The van der Waals surface area contributed by atoms with Crippen molar-refractivity contribution >= 4 is 17.6 Å². The van der Waals surface area contributed by atoms with Crippen LogP contribution < -0.4 is 15.0 Å². The second-order valence-corrected chi connectivity index (χ2v) is 7.18. The Morgan fingerprint density at radius 3 is 2.60 bits per heavy atom. The number of rotatable bonds is 4. The van der Waals surface area contributed by atoms with Crippen molar-refractivity contribution in [1.82, 2.24) is 15.3 Å². The van der Waals surface area contributed by atoms with E-state index in [4.69, 9.17) is 9.47 Å². The number of urea groups is 1. The SMILES string of the molecule is CC[C@@]1(C)NC(=O)N(c2cnc(Oc3ccc4c(c3)C(C(F)(F)F)OC4)nc2)C1=O. The molecule has 2 atom stereocenters. The number of hydrogen-bond donors (Lipinski definition) is 1. The monoisotopic (exact) mass is 422 g/mol. The van der Waals surface area contributed by atoms with Crippen LogP contribution in [0, 0.1) is 0 Å². The van der Waals surface area contributed by atoms with Crippen molar-refractivity contribution in [1.29, 1.82) is 0 Å². The Morgan fingerprint density at radius 2 is 2.00 bits per heavy atom. The summed E-state index contributed by atoms with van der Waals surface area (Å²) in [5.74, 6) is -0.320. The molecule has 1 aromatic heterocycles. The van der Waals surface area contributed by atoms with E-state index in [9.17, 15) is 22.8 Å². The fraction of sp³-hybridized carbons (Fsp3) is 0.368. The van der Waals surface area contributed by atoms with Crippen LogP contribution in [0.3, 0.4) is 0 Å². The molecule has 0 bridgehead atoms. The molecule has 3 heterocycles. The molecule has 1 N–H and O–H groups in total. The standard InChI is InChI=1S/C19H17F3N4O4/c1-3-18(2)15(27)26(17(28)25-18)11-7-23-16(24-8-11)30-12-5-4-10-9-29-14(13(10)6-12)19(20,21)22/h4-8,14H,3,9H2,1-2H3,(H,25,28)/t14?,18-/m1/s1. The van der Waals surface area contributed by atoms with E-state index in [0.29, 0.717) is 12.0 Å². The van der Waals surface area contributed by atoms with Crippen molar-refractivity contribution in [3.8, 4) is 11.8 Å². The van der Waals surface area contributed by atoms with E-state index in [0.717, 1.165) is 4.90 Å². The van der Waals surface area contributed by atoms with E-state index in [2.05, 4.69) is 15.3 Å². The summed E-state index contributed by atoms with van der Waals surface area (Å²) in [4.78, 5) is 33.5. The molecule has 1 fully saturated rings. The van der Waals surface area contributed by atoms with E-state index < -0.39 is 29.8 Å². The second kappa shape index (κ2) is 6.94. The third-order valence-corrected chi connectivity index (χ3v) is 5.15. The molecule has 0 aliphatic carbocycles. The second-order valence-electron chi connectivity index (χ2n) is 7.18. The molecule has 1 aromatic carbocycles. The lowest BCUT2D eigenvalue weighted by Gasteiger charge is -2.19. The Labute approximate surface area is 169 Å². The minimum atomic E-state index is -4.53. The van der Waals surface area contributed by atoms with Gasteiger partial charge in [0.1, 0.15) is 11.3 Å². The minimum absolute atomic E-state index is 0.0187. The summed E-state index contributed by atoms with van der Waals surface area (Å²) in [6.07, 6.45) is -3.66. The summed E-state index contributed by atoms with van der Waals surface area (Å²) in [5.41, 5.74) is -0.442. The molecular weight excluding hydrogens is 405 g/mol. The molecule has 0 saturated carbocycles. The number of amides is 3. The van der Waals surface area contributed by atoms with Crippen LogP contribution in [-0.4, -0.2) is 33.6 Å². The molecule has 1 saturated heterocycles. The third-order valence-electron chi connectivity index (χ3n) is 5.15. The highest BCUT2D eigenvalue weighted by atomic mass is 19.4. The van der Waals surface area contributed by atoms with Gasteiger partial charge in [-0.05, 0) is 36.6 Å². The molecule has 11 heteroatoms. The van der Waals surface area contributed by atoms with Gasteiger partial charge in [-0.25, -0.2) is 19.7 Å². The molecule has 2 aromatic rings. The average molecular weight is 422 g/mol. The summed E-state index contributed by atoms with van der Waals surface area (Å²) in [7, 11) is 0. The van der Waals surface area contributed by atoms with Crippen molar-refractivity contribution in [3.05, 3.63) is 41.7 Å². The van der Waals surface area contributed by atoms with Crippen LogP contribution in [0.2, 0.25) is 0 Å². The predicted octanol–water partition coefficient (Wildman–Crippen LogP) is 3.63. The molecule has 2 aliphatic rings. The molecule has 3 amide bonds. The van der Waals surface area contributed by atoms with Crippen LogP contribution in [0.1, 0.15) is 37.5 Å². The van der Waals surface area contributed by atoms with E-state index in [-0.39, 0.29) is 29.6 Å². The lowest BCUT2D eigenvalue weighted by Crippen LogP contribution is -2.43. The van der Waals surface area contributed by atoms with E-state index in [1.807, 2.05) is 0 Å². The number of nitrogens with zero attached hydrogens (tertiary/aromatic N) is 3. The number of benzene rings is 1. The van der Waals surface area contributed by atoms with Gasteiger partial charge in [-0.15, -0.1) is 0 Å². The quantitative estimate of drug-likeness (QED) is 0.757. The number of alkyl halides is 3. The first-order chi connectivity index (χ1) is 14.1. The zero-order valence-corrected chi connectivity index (χ0v) is 16.0. The maximum atomic E-state index is 13.1. The Bertz CT molecular complexity index is 1010. The van der Waals surface area contributed by atoms with Gasteiger partial charge in [0.15, 0.2) is 6.10 Å². The van der Waals surface area contributed by atoms with Crippen LogP contribution >= 0.6 is 0 Å². The Kier molecular flexibility index (Phi) is 4.64. The van der Waals surface area contributed by atoms with Crippen LogP contribution in [0.15, 0.2) is 30.6 Å². The number of nitrogens with one attached hydrogen (secondary N) is 1. The maximum Gasteiger partial charge on any atom is 0.418 e. The van der Waals surface area contributed by atoms with Crippen LogP contribution in [0.4, 0.5) is 23.7 Å². The summed E-state index contributed by atoms with van der Waals surface area (Å²) in [6.45, 7) is 3.27. The number of carbonyl (C=O) groups excluding carboxylic acids is 2. The zero-order valence-electron chi connectivity index (χ0n) is 16.0. The van der Waals surface area contributed by atoms with Crippen molar-refractivity contribution < 1.29 is 32.2 Å². The number of aromatic nitrogens is 2. The number of hydrogen-bond acceptors (Lipinski definition) is 6. The van der Waals surface area contributed by atoms with Gasteiger partial charge in [-0.3, -0.25) is 4.79 Å². The molecule has 0 spiro atoms. The van der Waals surface area contributed by atoms with Gasteiger partial charge < -0.3 is 14.8 Å². The van der Waals surface area contributed by atoms with Crippen molar-refractivity contribution in [3.63, 3.8) is 0 Å². The summed E-state index contributed by atoms with van der Waals surface area (Å²) < 4.78 is 49.5. The molecule has 0 radical (unpaired) electrons. The molecule has 1 unspecified atom stereocenters. The summed E-state index contributed by atoms with van der Waals surface area (Å²) in [5, 5.41) is 2.62. The van der Waals surface area contributed by atoms with E-state index in [1.165, 1.54) is 30.6 Å². The van der Waals surface area contributed by atoms with Gasteiger partial charge in [0, 0.05) is 0 Å². The summed E-state index contributed by atoms with van der Waals surface area (Å²) in [6, 6.07) is 3.48.